The summed E-state index contributed by atoms with van der Waals surface area (Å²) in [6.45, 7) is 3.50. The summed E-state index contributed by atoms with van der Waals surface area (Å²) in [6, 6.07) is 7.69. The Labute approximate surface area is 176 Å². The number of halogens is 1. The number of hydrogen-bond acceptors (Lipinski definition) is 7. The molecule has 8 nitrogen and oxygen atoms in total. The van der Waals surface area contributed by atoms with E-state index in [0.29, 0.717) is 27.2 Å². The number of amides is 1. The summed E-state index contributed by atoms with van der Waals surface area (Å²) in [6.07, 6.45) is 1.62. The second-order valence-corrected chi connectivity index (χ2v) is 8.17. The fraction of sp³-hybridized carbons (Fsp3) is 0.263. The first-order valence-corrected chi connectivity index (χ1v) is 10.1. The fourth-order valence-electron chi connectivity index (χ4n) is 3.10. The minimum absolute atomic E-state index is 0.141. The van der Waals surface area contributed by atoms with Gasteiger partial charge in [0.05, 0.1) is 15.4 Å². The number of piperazine rings is 1. The van der Waals surface area contributed by atoms with Crippen LogP contribution in [0.25, 0.3) is 17.4 Å². The van der Waals surface area contributed by atoms with Gasteiger partial charge in [0.2, 0.25) is 0 Å². The molecule has 1 saturated heterocycles. The van der Waals surface area contributed by atoms with E-state index in [1.807, 2.05) is 0 Å². The first-order chi connectivity index (χ1) is 13.9. The molecule has 3 heterocycles. The minimum atomic E-state index is -0.506. The Morgan fingerprint density at radius 3 is 2.72 bits per heavy atom. The van der Waals surface area contributed by atoms with Gasteiger partial charge in [-0.25, -0.2) is 0 Å². The predicted octanol–water partition coefficient (Wildman–Crippen LogP) is 3.73. The van der Waals surface area contributed by atoms with E-state index in [9.17, 15) is 14.9 Å². The van der Waals surface area contributed by atoms with Gasteiger partial charge in [0.25, 0.3) is 11.6 Å². The van der Waals surface area contributed by atoms with Crippen LogP contribution in [0.1, 0.15) is 5.76 Å². The van der Waals surface area contributed by atoms with Crippen LogP contribution in [-0.2, 0) is 4.79 Å². The van der Waals surface area contributed by atoms with E-state index in [-0.39, 0.29) is 16.6 Å². The van der Waals surface area contributed by atoms with Gasteiger partial charge in [0.15, 0.2) is 5.17 Å². The molecule has 4 rings (SSSR count). The van der Waals surface area contributed by atoms with Crippen molar-refractivity contribution in [3.05, 3.63) is 56.1 Å². The van der Waals surface area contributed by atoms with Crippen molar-refractivity contribution in [2.75, 3.05) is 33.2 Å². The third-order valence-electron chi connectivity index (χ3n) is 4.71. The second kappa shape index (κ2) is 8.02. The normalized spacial score (nSPS) is 19.1. The fourth-order valence-corrected chi connectivity index (χ4v) is 4.21. The van der Waals surface area contributed by atoms with Gasteiger partial charge in [-0.2, -0.15) is 4.99 Å². The van der Waals surface area contributed by atoms with Crippen molar-refractivity contribution in [1.29, 1.82) is 0 Å². The highest BCUT2D eigenvalue weighted by Crippen LogP contribution is 2.35. The van der Waals surface area contributed by atoms with Crippen LogP contribution < -0.4 is 0 Å². The number of nitro benzene ring substituents is 1. The zero-order valence-corrected chi connectivity index (χ0v) is 17.1. The smallest absolute Gasteiger partial charge is 0.286 e. The van der Waals surface area contributed by atoms with E-state index >= 15 is 0 Å². The number of carbonyl (C=O) groups excluding carboxylic acids is 1. The van der Waals surface area contributed by atoms with E-state index in [2.05, 4.69) is 21.8 Å². The monoisotopic (exact) mass is 432 g/mol. The van der Waals surface area contributed by atoms with Crippen LogP contribution in [0.3, 0.4) is 0 Å². The van der Waals surface area contributed by atoms with E-state index in [4.69, 9.17) is 16.0 Å². The van der Waals surface area contributed by atoms with Gasteiger partial charge in [-0.05, 0) is 43.1 Å². The van der Waals surface area contributed by atoms with E-state index in [1.54, 1.807) is 30.3 Å². The Morgan fingerprint density at radius 1 is 1.24 bits per heavy atom. The highest BCUT2D eigenvalue weighted by Gasteiger charge is 2.28. The number of rotatable bonds is 3. The highest BCUT2D eigenvalue weighted by molar-refractivity contribution is 8.18. The van der Waals surface area contributed by atoms with Gasteiger partial charge >= 0.3 is 0 Å². The molecule has 1 amide bonds. The average molecular weight is 433 g/mol. The van der Waals surface area contributed by atoms with E-state index in [1.165, 1.54) is 17.8 Å². The quantitative estimate of drug-likeness (QED) is 0.414. The third kappa shape index (κ3) is 4.21. The maximum atomic E-state index is 12.3. The van der Waals surface area contributed by atoms with Gasteiger partial charge in [0.1, 0.15) is 11.5 Å². The summed E-state index contributed by atoms with van der Waals surface area (Å²) in [4.78, 5) is 32.1. The van der Waals surface area contributed by atoms with Crippen LogP contribution in [0.5, 0.6) is 0 Å². The molecular weight excluding hydrogens is 416 g/mol. The molecule has 0 bridgehead atoms. The van der Waals surface area contributed by atoms with Crippen molar-refractivity contribution in [1.82, 2.24) is 9.80 Å². The van der Waals surface area contributed by atoms with E-state index < -0.39 is 4.92 Å². The lowest BCUT2D eigenvalue weighted by atomic mass is 10.1. The van der Waals surface area contributed by atoms with Crippen molar-refractivity contribution in [2.45, 2.75) is 0 Å². The van der Waals surface area contributed by atoms with Crippen molar-refractivity contribution >= 4 is 46.2 Å². The minimum Gasteiger partial charge on any atom is -0.456 e. The summed E-state index contributed by atoms with van der Waals surface area (Å²) >= 11 is 7.18. The van der Waals surface area contributed by atoms with E-state index in [0.717, 1.165) is 26.2 Å². The van der Waals surface area contributed by atoms with Gasteiger partial charge < -0.3 is 14.2 Å². The van der Waals surface area contributed by atoms with Crippen LogP contribution in [-0.4, -0.2) is 59.0 Å². The number of benzene rings is 1. The summed E-state index contributed by atoms with van der Waals surface area (Å²) in [7, 11) is 2.07. The molecule has 1 fully saturated rings. The molecule has 0 radical (unpaired) electrons. The Kier molecular flexibility index (Phi) is 5.44. The van der Waals surface area contributed by atoms with Gasteiger partial charge in [-0.15, -0.1) is 0 Å². The largest absolute Gasteiger partial charge is 0.456 e. The average Bonchev–Trinajstić information content (AvgIpc) is 3.29. The standard InChI is InChI=1S/C19H17ClN4O4S/c1-22-6-8-23(9-7-22)19-21-18(25)17(29-19)11-13-3-5-16(28-13)14-4-2-12(20)10-15(14)24(26)27/h2-5,10-11H,6-9H2,1H3/b17-11-. The molecule has 1 aromatic carbocycles. The molecular formula is C19H17ClN4O4S. The third-order valence-corrected chi connectivity index (χ3v) is 5.98. The number of nitro groups is 1. The van der Waals surface area contributed by atoms with Crippen LogP contribution in [0.4, 0.5) is 5.69 Å². The van der Waals surface area contributed by atoms with Crippen molar-refractivity contribution in [3.63, 3.8) is 0 Å². The molecule has 0 spiro atoms. The molecule has 0 unspecified atom stereocenters. The lowest BCUT2D eigenvalue weighted by Crippen LogP contribution is -2.46. The number of carbonyl (C=O) groups is 1. The van der Waals surface area contributed by atoms with Crippen molar-refractivity contribution in [2.24, 2.45) is 4.99 Å². The van der Waals surface area contributed by atoms with Gasteiger partial charge in [-0.3, -0.25) is 14.9 Å². The summed E-state index contributed by atoms with van der Waals surface area (Å²) in [5.41, 5.74) is 0.182. The number of hydrogen-bond donors (Lipinski definition) is 0. The molecule has 10 heteroatoms. The van der Waals surface area contributed by atoms with Gasteiger partial charge in [-0.1, -0.05) is 11.6 Å². The Hall–Kier alpha value is -2.62. The molecule has 0 aliphatic carbocycles. The molecule has 150 valence electrons. The Bertz CT molecular complexity index is 1040. The number of thioether (sulfide) groups is 1. The SMILES string of the molecule is CN1CCN(C2=NC(=O)/C(=C/c3ccc(-c4ccc(Cl)cc4[N+](=O)[O-])o3)S2)CC1. The highest BCUT2D eigenvalue weighted by atomic mass is 35.5. The molecule has 29 heavy (non-hydrogen) atoms. The topological polar surface area (TPSA) is 92.2 Å². The number of likely N-dealkylation sites (N-methyl/N-ethyl adjacent to an activating group) is 1. The molecule has 0 saturated carbocycles. The summed E-state index contributed by atoms with van der Waals surface area (Å²) in [5, 5.41) is 12.3. The number of amidine groups is 1. The van der Waals surface area contributed by atoms with Crippen molar-refractivity contribution < 1.29 is 14.1 Å². The number of furan rings is 1. The summed E-state index contributed by atoms with van der Waals surface area (Å²) in [5.74, 6) is 0.449. The van der Waals surface area contributed by atoms with Crippen LogP contribution >= 0.6 is 23.4 Å². The number of aliphatic imine (C=N–C) groups is 1. The predicted molar refractivity (Wildman–Crippen MR) is 113 cm³/mol. The molecule has 0 N–H and O–H groups in total. The first kappa shape index (κ1) is 19.7. The second-order valence-electron chi connectivity index (χ2n) is 6.72. The molecule has 0 atom stereocenters. The molecule has 2 aliphatic rings. The van der Waals surface area contributed by atoms with Gasteiger partial charge in [0, 0.05) is 43.3 Å². The van der Waals surface area contributed by atoms with Crippen LogP contribution in [0.15, 0.2) is 44.6 Å². The Morgan fingerprint density at radius 2 is 2.00 bits per heavy atom. The molecule has 2 aromatic rings. The molecule has 1 aromatic heterocycles. The zero-order chi connectivity index (χ0) is 20.5. The lowest BCUT2D eigenvalue weighted by Gasteiger charge is -2.32. The lowest BCUT2D eigenvalue weighted by molar-refractivity contribution is -0.384. The maximum absolute atomic E-state index is 12.3. The van der Waals surface area contributed by atoms with Crippen molar-refractivity contribution in [3.8, 4) is 11.3 Å². The van der Waals surface area contributed by atoms with Crippen LogP contribution in [0, 0.1) is 10.1 Å². The molecule has 2 aliphatic heterocycles. The maximum Gasteiger partial charge on any atom is 0.286 e. The van der Waals surface area contributed by atoms with Crippen LogP contribution in [0.2, 0.25) is 5.02 Å². The Balaban J connectivity index is 1.53. The summed E-state index contributed by atoms with van der Waals surface area (Å²) < 4.78 is 5.74. The zero-order valence-electron chi connectivity index (χ0n) is 15.5. The first-order valence-electron chi connectivity index (χ1n) is 8.91. The number of nitrogens with zero attached hydrogens (tertiary/aromatic N) is 4.